The summed E-state index contributed by atoms with van der Waals surface area (Å²) in [4.78, 5) is 21.5. The molecule has 2 heterocycles. The van der Waals surface area contributed by atoms with Gasteiger partial charge in [-0.05, 0) is 61.6 Å². The molecule has 0 saturated heterocycles. The van der Waals surface area contributed by atoms with E-state index in [0.717, 1.165) is 29.2 Å². The minimum atomic E-state index is -0.0940. The van der Waals surface area contributed by atoms with Crippen LogP contribution in [0.5, 0.6) is 0 Å². The number of fused-ring (bicyclic) bond motifs is 1. The fourth-order valence-electron chi connectivity index (χ4n) is 2.86. The van der Waals surface area contributed by atoms with Gasteiger partial charge in [0.25, 0.3) is 5.91 Å². The van der Waals surface area contributed by atoms with Crippen LogP contribution in [-0.4, -0.2) is 38.5 Å². The molecule has 1 aromatic carbocycles. The number of hydrogen-bond acceptors (Lipinski definition) is 4. The molecule has 3 aromatic rings. The van der Waals surface area contributed by atoms with E-state index in [0.29, 0.717) is 22.8 Å². The number of benzene rings is 1. The van der Waals surface area contributed by atoms with Gasteiger partial charge >= 0.3 is 0 Å². The number of hydrogen-bond donors (Lipinski definition) is 1. The lowest BCUT2D eigenvalue weighted by Crippen LogP contribution is -2.25. The van der Waals surface area contributed by atoms with Gasteiger partial charge in [-0.2, -0.15) is 11.8 Å². The highest BCUT2D eigenvalue weighted by Crippen LogP contribution is 2.26. The minimum absolute atomic E-state index is 0.0940. The van der Waals surface area contributed by atoms with Gasteiger partial charge in [0.15, 0.2) is 5.65 Å². The molecule has 0 atom stereocenters. The van der Waals surface area contributed by atoms with Crippen molar-refractivity contribution in [1.29, 1.82) is 0 Å². The first-order chi connectivity index (χ1) is 13.1. The summed E-state index contributed by atoms with van der Waals surface area (Å²) in [6.07, 6.45) is 3.87. The van der Waals surface area contributed by atoms with Crippen LogP contribution in [0.25, 0.3) is 16.9 Å². The van der Waals surface area contributed by atoms with Gasteiger partial charge in [-0.1, -0.05) is 18.5 Å². The predicted molar refractivity (Wildman–Crippen MR) is 113 cm³/mol. The number of nitrogens with zero attached hydrogens (tertiary/aromatic N) is 3. The maximum Gasteiger partial charge on any atom is 0.251 e. The van der Waals surface area contributed by atoms with Gasteiger partial charge in [0.05, 0.1) is 10.7 Å². The maximum absolute atomic E-state index is 12.5. The lowest BCUT2D eigenvalue weighted by molar-refractivity contribution is 0.0954. The van der Waals surface area contributed by atoms with Crippen molar-refractivity contribution in [2.24, 2.45) is 0 Å². The van der Waals surface area contributed by atoms with E-state index in [1.54, 1.807) is 24.4 Å². The molecule has 2 aromatic heterocycles. The molecule has 0 unspecified atom stereocenters. The Hall–Kier alpha value is -2.05. The van der Waals surface area contributed by atoms with Gasteiger partial charge in [-0.15, -0.1) is 0 Å². The van der Waals surface area contributed by atoms with Crippen LogP contribution in [0.2, 0.25) is 5.02 Å². The number of amides is 1. The molecule has 27 heavy (non-hydrogen) atoms. The molecule has 7 heteroatoms. The topological polar surface area (TPSA) is 59.8 Å². The van der Waals surface area contributed by atoms with Crippen LogP contribution in [0.1, 0.15) is 35.9 Å². The molecule has 0 saturated carbocycles. The number of nitrogens with one attached hydrogen (secondary N) is 1. The number of aromatic nitrogens is 3. The number of pyridine rings is 1. The molecule has 0 fully saturated rings. The highest BCUT2D eigenvalue weighted by Gasteiger charge is 2.15. The standard InChI is InChI=1S/C20H23ClN4OS/c1-3-11-27-12-5-10-23-20(26)15-7-8-16(21)18(13-15)25-14(2)24-17-6-4-9-22-19(17)25/h4,6-9,13H,3,5,10-12H2,1-2H3,(H,23,26). The second kappa shape index (κ2) is 9.24. The Balaban J connectivity index is 1.78. The Labute approximate surface area is 168 Å². The Morgan fingerprint density at radius 3 is 2.96 bits per heavy atom. The minimum Gasteiger partial charge on any atom is -0.352 e. The molecule has 0 spiro atoms. The van der Waals surface area contributed by atoms with Gasteiger partial charge in [0.2, 0.25) is 0 Å². The number of rotatable bonds is 8. The first-order valence-corrected chi connectivity index (χ1v) is 10.6. The third kappa shape index (κ3) is 4.62. The van der Waals surface area contributed by atoms with Crippen molar-refractivity contribution < 1.29 is 4.79 Å². The van der Waals surface area contributed by atoms with Crippen LogP contribution in [-0.2, 0) is 0 Å². The summed E-state index contributed by atoms with van der Waals surface area (Å²) in [7, 11) is 0. The number of carbonyl (C=O) groups is 1. The average molecular weight is 403 g/mol. The van der Waals surface area contributed by atoms with Crippen molar-refractivity contribution >= 4 is 40.4 Å². The molecular weight excluding hydrogens is 380 g/mol. The van der Waals surface area contributed by atoms with Crippen LogP contribution >= 0.6 is 23.4 Å². The second-order valence-corrected chi connectivity index (χ2v) is 7.86. The molecule has 0 aliphatic rings. The van der Waals surface area contributed by atoms with Crippen LogP contribution in [0, 0.1) is 6.92 Å². The summed E-state index contributed by atoms with van der Waals surface area (Å²) in [5.74, 6) is 2.91. The van der Waals surface area contributed by atoms with Crippen LogP contribution < -0.4 is 5.32 Å². The summed E-state index contributed by atoms with van der Waals surface area (Å²) >= 11 is 8.35. The zero-order valence-electron chi connectivity index (χ0n) is 15.5. The van der Waals surface area contributed by atoms with Crippen LogP contribution in [0.3, 0.4) is 0 Å². The zero-order chi connectivity index (χ0) is 19.2. The van der Waals surface area contributed by atoms with Crippen molar-refractivity contribution in [2.45, 2.75) is 26.7 Å². The summed E-state index contributed by atoms with van der Waals surface area (Å²) in [5.41, 5.74) is 2.81. The van der Waals surface area contributed by atoms with E-state index in [1.807, 2.05) is 35.4 Å². The molecule has 0 aliphatic carbocycles. The second-order valence-electron chi connectivity index (χ2n) is 6.23. The zero-order valence-corrected chi connectivity index (χ0v) is 17.1. The summed E-state index contributed by atoms with van der Waals surface area (Å²) < 4.78 is 1.88. The van der Waals surface area contributed by atoms with Gasteiger partial charge in [-0.25, -0.2) is 9.97 Å². The van der Waals surface area contributed by atoms with E-state index in [1.165, 1.54) is 12.2 Å². The van der Waals surface area contributed by atoms with Crippen molar-refractivity contribution in [3.05, 3.63) is 52.9 Å². The van der Waals surface area contributed by atoms with Gasteiger partial charge in [0, 0.05) is 18.3 Å². The van der Waals surface area contributed by atoms with E-state index >= 15 is 0 Å². The number of thioether (sulfide) groups is 1. The number of halogens is 1. The van der Waals surface area contributed by atoms with Crippen molar-refractivity contribution in [3.8, 4) is 5.69 Å². The molecule has 0 bridgehead atoms. The molecular formula is C20H23ClN4OS. The summed E-state index contributed by atoms with van der Waals surface area (Å²) in [6.45, 7) is 4.74. The van der Waals surface area contributed by atoms with Crippen LogP contribution in [0.4, 0.5) is 0 Å². The third-order valence-electron chi connectivity index (χ3n) is 4.13. The highest BCUT2D eigenvalue weighted by atomic mass is 35.5. The molecule has 0 radical (unpaired) electrons. The predicted octanol–water partition coefficient (Wildman–Crippen LogP) is 4.65. The van der Waals surface area contributed by atoms with Crippen molar-refractivity contribution in [2.75, 3.05) is 18.1 Å². The molecule has 1 N–H and O–H groups in total. The van der Waals surface area contributed by atoms with E-state index in [9.17, 15) is 4.79 Å². The van der Waals surface area contributed by atoms with Gasteiger partial charge < -0.3 is 5.32 Å². The smallest absolute Gasteiger partial charge is 0.251 e. The quantitative estimate of drug-likeness (QED) is 0.557. The van der Waals surface area contributed by atoms with E-state index in [-0.39, 0.29) is 5.91 Å². The summed E-state index contributed by atoms with van der Waals surface area (Å²) in [6, 6.07) is 9.05. The Bertz CT molecular complexity index is 941. The molecule has 5 nitrogen and oxygen atoms in total. The van der Waals surface area contributed by atoms with Crippen molar-refractivity contribution in [1.82, 2.24) is 19.9 Å². The van der Waals surface area contributed by atoms with Crippen molar-refractivity contribution in [3.63, 3.8) is 0 Å². The first kappa shape index (κ1) is 19.7. The molecule has 142 valence electrons. The van der Waals surface area contributed by atoms with Crippen LogP contribution in [0.15, 0.2) is 36.5 Å². The summed E-state index contributed by atoms with van der Waals surface area (Å²) in [5, 5.41) is 3.54. The highest BCUT2D eigenvalue weighted by molar-refractivity contribution is 7.99. The van der Waals surface area contributed by atoms with E-state index < -0.39 is 0 Å². The normalized spacial score (nSPS) is 11.1. The van der Waals surface area contributed by atoms with Gasteiger partial charge in [0.1, 0.15) is 11.3 Å². The van der Waals surface area contributed by atoms with Gasteiger partial charge in [-0.3, -0.25) is 9.36 Å². The fourth-order valence-corrected chi connectivity index (χ4v) is 3.91. The molecule has 3 rings (SSSR count). The lowest BCUT2D eigenvalue weighted by Gasteiger charge is -2.11. The lowest BCUT2D eigenvalue weighted by atomic mass is 10.1. The number of carbonyl (C=O) groups excluding carboxylic acids is 1. The monoisotopic (exact) mass is 402 g/mol. The number of imidazole rings is 1. The molecule has 1 amide bonds. The fraction of sp³-hybridized carbons (Fsp3) is 0.350. The third-order valence-corrected chi connectivity index (χ3v) is 5.73. The Morgan fingerprint density at radius 2 is 2.15 bits per heavy atom. The maximum atomic E-state index is 12.5. The Morgan fingerprint density at radius 1 is 1.30 bits per heavy atom. The van der Waals surface area contributed by atoms with E-state index in [4.69, 9.17) is 11.6 Å². The SMILES string of the molecule is CCCSCCCNC(=O)c1ccc(Cl)c(-n2c(C)nc3cccnc32)c1. The largest absolute Gasteiger partial charge is 0.352 e. The van der Waals surface area contributed by atoms with E-state index in [2.05, 4.69) is 22.2 Å². The molecule has 0 aliphatic heterocycles. The first-order valence-electron chi connectivity index (χ1n) is 9.07. The number of aryl methyl sites for hydroxylation is 1. The average Bonchev–Trinajstić information content (AvgIpc) is 3.00. The Kier molecular flexibility index (Phi) is 6.74.